The van der Waals surface area contributed by atoms with Gasteiger partial charge in [-0.05, 0) is 18.1 Å². The molecule has 1 amide bonds. The van der Waals surface area contributed by atoms with Gasteiger partial charge in [-0.3, -0.25) is 9.59 Å². The second-order valence-electron chi connectivity index (χ2n) is 4.52. The number of carboxylic acids is 1. The predicted molar refractivity (Wildman–Crippen MR) is 70.1 cm³/mol. The number of anilines is 1. The van der Waals surface area contributed by atoms with Crippen LogP contribution >= 0.6 is 0 Å². The molecular weight excluding hydrogens is 248 g/mol. The molecule has 0 aromatic carbocycles. The summed E-state index contributed by atoms with van der Waals surface area (Å²) in [7, 11) is 1.51. The first-order chi connectivity index (χ1) is 8.93. The standard InChI is InChI=1S/C12H18N4O3/c1-8(2)6-16(7-11(17)18)10-5-4-9(14-15-10)12(19)13-3/h4-5,8H,6-7H2,1-3H3,(H,13,19)(H,17,18). The van der Waals surface area contributed by atoms with Crippen LogP contribution in [0.25, 0.3) is 0 Å². The fourth-order valence-corrected chi connectivity index (χ4v) is 1.59. The average molecular weight is 266 g/mol. The molecule has 0 spiro atoms. The Morgan fingerprint density at radius 3 is 2.47 bits per heavy atom. The van der Waals surface area contributed by atoms with E-state index in [4.69, 9.17) is 5.11 Å². The molecule has 1 rings (SSSR count). The molecule has 7 nitrogen and oxygen atoms in total. The number of nitrogens with one attached hydrogen (secondary N) is 1. The molecule has 1 aromatic rings. The molecule has 7 heteroatoms. The summed E-state index contributed by atoms with van der Waals surface area (Å²) in [5.41, 5.74) is 0.200. The minimum Gasteiger partial charge on any atom is -0.480 e. The maximum absolute atomic E-state index is 11.3. The molecule has 0 bridgehead atoms. The number of aliphatic carboxylic acids is 1. The SMILES string of the molecule is CNC(=O)c1ccc(N(CC(=O)O)CC(C)C)nn1. The maximum Gasteiger partial charge on any atom is 0.323 e. The number of carbonyl (C=O) groups is 2. The van der Waals surface area contributed by atoms with E-state index in [1.165, 1.54) is 13.1 Å². The average Bonchev–Trinajstić information content (AvgIpc) is 2.36. The van der Waals surface area contributed by atoms with E-state index >= 15 is 0 Å². The summed E-state index contributed by atoms with van der Waals surface area (Å²) in [6.45, 7) is 4.38. The second kappa shape index (κ2) is 6.67. The Labute approximate surface area is 111 Å². The third kappa shape index (κ3) is 4.53. The highest BCUT2D eigenvalue weighted by atomic mass is 16.4. The molecule has 0 aliphatic rings. The molecule has 1 heterocycles. The number of rotatable bonds is 6. The van der Waals surface area contributed by atoms with Crippen LogP contribution in [0.1, 0.15) is 24.3 Å². The lowest BCUT2D eigenvalue weighted by Gasteiger charge is -2.23. The molecule has 104 valence electrons. The smallest absolute Gasteiger partial charge is 0.323 e. The fourth-order valence-electron chi connectivity index (χ4n) is 1.59. The zero-order valence-corrected chi connectivity index (χ0v) is 11.3. The van der Waals surface area contributed by atoms with Crippen LogP contribution in [0.4, 0.5) is 5.82 Å². The summed E-state index contributed by atoms with van der Waals surface area (Å²) in [5.74, 6) is -0.519. The lowest BCUT2D eigenvalue weighted by molar-refractivity contribution is -0.135. The van der Waals surface area contributed by atoms with Gasteiger partial charge in [0.15, 0.2) is 11.5 Å². The van der Waals surface area contributed by atoms with Gasteiger partial charge in [0, 0.05) is 13.6 Å². The van der Waals surface area contributed by atoms with Crippen LogP contribution in [0.3, 0.4) is 0 Å². The summed E-state index contributed by atoms with van der Waals surface area (Å²) in [4.78, 5) is 23.8. The molecule has 0 fully saturated rings. The minimum absolute atomic E-state index is 0.147. The zero-order chi connectivity index (χ0) is 14.4. The molecule has 19 heavy (non-hydrogen) atoms. The number of carboxylic acid groups (broad SMARTS) is 1. The second-order valence-corrected chi connectivity index (χ2v) is 4.52. The Balaban J connectivity index is 2.90. The summed E-state index contributed by atoms with van der Waals surface area (Å²) in [6.07, 6.45) is 0. The van der Waals surface area contributed by atoms with Crippen LogP contribution in [0.5, 0.6) is 0 Å². The number of hydrogen-bond donors (Lipinski definition) is 2. The first-order valence-corrected chi connectivity index (χ1v) is 5.96. The molecule has 0 aliphatic carbocycles. The van der Waals surface area contributed by atoms with Gasteiger partial charge < -0.3 is 15.3 Å². The Morgan fingerprint density at radius 2 is 2.05 bits per heavy atom. The Hall–Kier alpha value is -2.18. The van der Waals surface area contributed by atoms with E-state index in [9.17, 15) is 9.59 Å². The molecule has 1 aromatic heterocycles. The highest BCUT2D eigenvalue weighted by molar-refractivity contribution is 5.91. The molecule has 2 N–H and O–H groups in total. The molecular formula is C12H18N4O3. The normalized spacial score (nSPS) is 10.3. The number of nitrogens with zero attached hydrogens (tertiary/aromatic N) is 3. The third-order valence-electron chi connectivity index (χ3n) is 2.35. The van der Waals surface area contributed by atoms with E-state index in [1.807, 2.05) is 13.8 Å². The van der Waals surface area contributed by atoms with Crippen molar-refractivity contribution in [3.05, 3.63) is 17.8 Å². The Kier molecular flexibility index (Phi) is 5.23. The van der Waals surface area contributed by atoms with Crippen LogP contribution in [-0.4, -0.2) is 47.3 Å². The highest BCUT2D eigenvalue weighted by Crippen LogP contribution is 2.11. The third-order valence-corrected chi connectivity index (χ3v) is 2.35. The first-order valence-electron chi connectivity index (χ1n) is 5.96. The summed E-state index contributed by atoms with van der Waals surface area (Å²) in [5, 5.41) is 19.0. The maximum atomic E-state index is 11.3. The summed E-state index contributed by atoms with van der Waals surface area (Å²) in [6, 6.07) is 3.12. The van der Waals surface area contributed by atoms with Gasteiger partial charge in [0.05, 0.1) is 0 Å². The van der Waals surface area contributed by atoms with Crippen molar-refractivity contribution >= 4 is 17.7 Å². The predicted octanol–water partition coefficient (Wildman–Crippen LogP) is 0.383. The van der Waals surface area contributed by atoms with Crippen molar-refractivity contribution in [3.8, 4) is 0 Å². The fraction of sp³-hybridized carbons (Fsp3) is 0.500. The van der Waals surface area contributed by atoms with E-state index in [2.05, 4.69) is 15.5 Å². The number of carbonyl (C=O) groups excluding carboxylic acids is 1. The van der Waals surface area contributed by atoms with E-state index < -0.39 is 5.97 Å². The summed E-state index contributed by atoms with van der Waals surface area (Å²) < 4.78 is 0. The van der Waals surface area contributed by atoms with Crippen LogP contribution < -0.4 is 10.2 Å². The lowest BCUT2D eigenvalue weighted by atomic mass is 10.2. The van der Waals surface area contributed by atoms with Crippen molar-refractivity contribution in [1.82, 2.24) is 15.5 Å². The van der Waals surface area contributed by atoms with Gasteiger partial charge in [-0.25, -0.2) is 0 Å². The molecule has 0 saturated carbocycles. The van der Waals surface area contributed by atoms with E-state index in [-0.39, 0.29) is 18.1 Å². The quantitative estimate of drug-likeness (QED) is 0.773. The van der Waals surface area contributed by atoms with Crippen molar-refractivity contribution in [1.29, 1.82) is 0 Å². The monoisotopic (exact) mass is 266 g/mol. The number of amides is 1. The van der Waals surface area contributed by atoms with Crippen LogP contribution in [0.15, 0.2) is 12.1 Å². The van der Waals surface area contributed by atoms with Gasteiger partial charge in [-0.15, -0.1) is 10.2 Å². The molecule has 0 aliphatic heterocycles. The van der Waals surface area contributed by atoms with E-state index in [1.54, 1.807) is 11.0 Å². The molecule has 0 unspecified atom stereocenters. The van der Waals surface area contributed by atoms with Gasteiger partial charge in [0.2, 0.25) is 0 Å². The van der Waals surface area contributed by atoms with Gasteiger partial charge in [-0.1, -0.05) is 13.8 Å². The lowest BCUT2D eigenvalue weighted by Crippen LogP contribution is -2.34. The minimum atomic E-state index is -0.933. The Morgan fingerprint density at radius 1 is 1.37 bits per heavy atom. The van der Waals surface area contributed by atoms with Crippen LogP contribution in [0.2, 0.25) is 0 Å². The highest BCUT2D eigenvalue weighted by Gasteiger charge is 2.15. The molecule has 0 radical (unpaired) electrons. The van der Waals surface area contributed by atoms with Crippen molar-refractivity contribution in [2.24, 2.45) is 5.92 Å². The van der Waals surface area contributed by atoms with Crippen molar-refractivity contribution < 1.29 is 14.7 Å². The van der Waals surface area contributed by atoms with E-state index in [0.717, 1.165) is 0 Å². The summed E-state index contributed by atoms with van der Waals surface area (Å²) >= 11 is 0. The number of hydrogen-bond acceptors (Lipinski definition) is 5. The van der Waals surface area contributed by atoms with Gasteiger partial charge in [-0.2, -0.15) is 0 Å². The topological polar surface area (TPSA) is 95.4 Å². The van der Waals surface area contributed by atoms with Gasteiger partial charge in [0.1, 0.15) is 6.54 Å². The van der Waals surface area contributed by atoms with Crippen molar-refractivity contribution in [2.45, 2.75) is 13.8 Å². The first kappa shape index (κ1) is 14.9. The van der Waals surface area contributed by atoms with Gasteiger partial charge in [0.25, 0.3) is 5.91 Å². The van der Waals surface area contributed by atoms with Crippen molar-refractivity contribution in [3.63, 3.8) is 0 Å². The van der Waals surface area contributed by atoms with Gasteiger partial charge >= 0.3 is 5.97 Å². The van der Waals surface area contributed by atoms with Crippen LogP contribution in [0, 0.1) is 5.92 Å². The zero-order valence-electron chi connectivity index (χ0n) is 11.3. The largest absolute Gasteiger partial charge is 0.480 e. The Bertz CT molecular complexity index is 445. The van der Waals surface area contributed by atoms with Crippen molar-refractivity contribution in [2.75, 3.05) is 25.0 Å². The molecule has 0 atom stereocenters. The van der Waals surface area contributed by atoms with Crippen LogP contribution in [-0.2, 0) is 4.79 Å². The molecule has 0 saturated heterocycles. The number of aromatic nitrogens is 2. The van der Waals surface area contributed by atoms with E-state index in [0.29, 0.717) is 18.3 Å².